The van der Waals surface area contributed by atoms with Crippen LogP contribution in [0.4, 0.5) is 11.4 Å². The van der Waals surface area contributed by atoms with Crippen molar-refractivity contribution in [1.29, 1.82) is 0 Å². The third-order valence-corrected chi connectivity index (χ3v) is 7.47. The summed E-state index contributed by atoms with van der Waals surface area (Å²) < 4.78 is 5.21. The van der Waals surface area contributed by atoms with E-state index in [0.29, 0.717) is 52.9 Å². The van der Waals surface area contributed by atoms with E-state index in [1.54, 1.807) is 30.3 Å². The van der Waals surface area contributed by atoms with Crippen molar-refractivity contribution in [2.24, 2.45) is 4.99 Å². The average molecular weight is 552 g/mol. The maximum atomic E-state index is 13.5. The summed E-state index contributed by atoms with van der Waals surface area (Å²) in [6, 6.07) is 14.3. The van der Waals surface area contributed by atoms with Gasteiger partial charge in [-0.1, -0.05) is 58.5 Å². The van der Waals surface area contributed by atoms with Crippen LogP contribution in [0, 0.1) is 13.8 Å². The molecule has 34 heavy (non-hydrogen) atoms. The Morgan fingerprint density at radius 2 is 1.50 bits per heavy atom. The van der Waals surface area contributed by atoms with E-state index >= 15 is 0 Å². The Labute approximate surface area is 222 Å². The second-order valence-electron chi connectivity index (χ2n) is 7.53. The lowest BCUT2D eigenvalue weighted by Crippen LogP contribution is -2.28. The van der Waals surface area contributed by atoms with E-state index in [1.807, 2.05) is 38.1 Å². The summed E-state index contributed by atoms with van der Waals surface area (Å²) >= 11 is 26.5. The van der Waals surface area contributed by atoms with Gasteiger partial charge in [-0.2, -0.15) is 0 Å². The lowest BCUT2D eigenvalue weighted by molar-refractivity contribution is -0.113. The van der Waals surface area contributed by atoms with Gasteiger partial charge in [-0.3, -0.25) is 9.69 Å². The van der Waals surface area contributed by atoms with E-state index in [-0.39, 0.29) is 5.91 Å². The monoisotopic (exact) mass is 550 g/mol. The number of thioether (sulfide) groups is 1. The second-order valence-corrected chi connectivity index (χ2v) is 10.2. The Morgan fingerprint density at radius 3 is 2.09 bits per heavy atom. The number of aliphatic imine (C=N–C) groups is 1. The Bertz CT molecular complexity index is 1350. The molecule has 0 saturated carbocycles. The normalized spacial score (nSPS) is 16.1. The van der Waals surface area contributed by atoms with E-state index in [1.165, 1.54) is 23.8 Å². The molecular weight excluding hydrogens is 534 g/mol. The fourth-order valence-electron chi connectivity index (χ4n) is 3.27. The van der Waals surface area contributed by atoms with Crippen LogP contribution >= 0.6 is 58.2 Å². The molecule has 1 aliphatic heterocycles. The number of hydrogen-bond donors (Lipinski definition) is 0. The van der Waals surface area contributed by atoms with Crippen LogP contribution in [0.15, 0.2) is 58.4 Å². The topological polar surface area (TPSA) is 41.9 Å². The van der Waals surface area contributed by atoms with Crippen molar-refractivity contribution in [3.63, 3.8) is 0 Å². The summed E-state index contributed by atoms with van der Waals surface area (Å²) in [7, 11) is 1.49. The van der Waals surface area contributed by atoms with Crippen LogP contribution in [0.25, 0.3) is 6.08 Å². The fraction of sp³-hybridized carbons (Fsp3) is 0.120. The number of carbonyl (C=O) groups excluding carboxylic acids is 1. The van der Waals surface area contributed by atoms with Crippen LogP contribution in [0.3, 0.4) is 0 Å². The molecule has 0 bridgehead atoms. The van der Waals surface area contributed by atoms with Crippen molar-refractivity contribution in [3.05, 3.63) is 90.2 Å². The minimum absolute atomic E-state index is 0.245. The van der Waals surface area contributed by atoms with Gasteiger partial charge in [0.2, 0.25) is 0 Å². The third kappa shape index (κ3) is 5.09. The lowest BCUT2D eigenvalue weighted by Gasteiger charge is -2.16. The molecular formula is C25H18Cl4N2O2S. The van der Waals surface area contributed by atoms with Gasteiger partial charge in [-0.05, 0) is 84.8 Å². The Morgan fingerprint density at radius 1 is 0.882 bits per heavy atom. The summed E-state index contributed by atoms with van der Waals surface area (Å²) in [5.74, 6) is 0.134. The summed E-state index contributed by atoms with van der Waals surface area (Å²) in [6.45, 7) is 3.82. The van der Waals surface area contributed by atoms with Gasteiger partial charge in [0.1, 0.15) is 0 Å². The molecule has 0 radical (unpaired) electrons. The zero-order valence-electron chi connectivity index (χ0n) is 18.3. The Balaban J connectivity index is 1.81. The maximum absolute atomic E-state index is 13.5. The van der Waals surface area contributed by atoms with Gasteiger partial charge in [0, 0.05) is 10.0 Å². The number of amidine groups is 1. The van der Waals surface area contributed by atoms with Crippen LogP contribution in [-0.4, -0.2) is 18.2 Å². The molecule has 4 rings (SSSR count). The van der Waals surface area contributed by atoms with E-state index in [4.69, 9.17) is 56.1 Å². The van der Waals surface area contributed by atoms with Crippen LogP contribution in [0.5, 0.6) is 5.75 Å². The smallest absolute Gasteiger partial charge is 0.271 e. The van der Waals surface area contributed by atoms with E-state index in [0.717, 1.165) is 11.1 Å². The second kappa shape index (κ2) is 10.2. The molecule has 0 unspecified atom stereocenters. The number of benzene rings is 3. The number of hydrogen-bond acceptors (Lipinski definition) is 4. The van der Waals surface area contributed by atoms with Crippen molar-refractivity contribution >= 4 is 86.7 Å². The Hall–Kier alpha value is -2.15. The largest absolute Gasteiger partial charge is 0.494 e. The molecule has 4 nitrogen and oxygen atoms in total. The van der Waals surface area contributed by atoms with Crippen LogP contribution in [0.1, 0.15) is 16.7 Å². The zero-order valence-corrected chi connectivity index (χ0v) is 22.2. The van der Waals surface area contributed by atoms with Gasteiger partial charge in [-0.15, -0.1) is 0 Å². The number of nitrogens with zero attached hydrogens (tertiary/aromatic N) is 2. The Kier molecular flexibility index (Phi) is 7.51. The predicted molar refractivity (Wildman–Crippen MR) is 146 cm³/mol. The molecule has 0 aromatic heterocycles. The number of ether oxygens (including phenoxy) is 1. The molecule has 1 heterocycles. The van der Waals surface area contributed by atoms with Crippen molar-refractivity contribution in [2.45, 2.75) is 13.8 Å². The molecule has 3 aromatic carbocycles. The number of carbonyl (C=O) groups is 1. The molecule has 1 fully saturated rings. The van der Waals surface area contributed by atoms with Crippen LogP contribution in [-0.2, 0) is 4.79 Å². The van der Waals surface area contributed by atoms with Gasteiger partial charge in [0.25, 0.3) is 5.91 Å². The predicted octanol–water partition coefficient (Wildman–Crippen LogP) is 8.73. The number of aryl methyl sites for hydroxylation is 2. The molecule has 0 spiro atoms. The highest BCUT2D eigenvalue weighted by Gasteiger charge is 2.35. The lowest BCUT2D eigenvalue weighted by atomic mass is 10.2. The first-order chi connectivity index (χ1) is 16.2. The van der Waals surface area contributed by atoms with Crippen molar-refractivity contribution < 1.29 is 9.53 Å². The molecule has 0 atom stereocenters. The molecule has 3 aromatic rings. The van der Waals surface area contributed by atoms with E-state index < -0.39 is 0 Å². The molecule has 1 amide bonds. The zero-order chi connectivity index (χ0) is 24.6. The van der Waals surface area contributed by atoms with Gasteiger partial charge >= 0.3 is 0 Å². The highest BCUT2D eigenvalue weighted by Crippen LogP contribution is 2.40. The van der Waals surface area contributed by atoms with Crippen molar-refractivity contribution in [3.8, 4) is 5.75 Å². The minimum Gasteiger partial charge on any atom is -0.494 e. The molecule has 0 aliphatic carbocycles. The van der Waals surface area contributed by atoms with Gasteiger partial charge in [0.05, 0.1) is 33.4 Å². The maximum Gasteiger partial charge on any atom is 0.271 e. The summed E-state index contributed by atoms with van der Waals surface area (Å²) in [5, 5.41) is 2.32. The summed E-state index contributed by atoms with van der Waals surface area (Å²) in [4.78, 5) is 20.2. The van der Waals surface area contributed by atoms with Gasteiger partial charge < -0.3 is 4.74 Å². The number of halogens is 4. The van der Waals surface area contributed by atoms with Gasteiger partial charge in [-0.25, -0.2) is 4.99 Å². The van der Waals surface area contributed by atoms with Crippen molar-refractivity contribution in [2.75, 3.05) is 12.0 Å². The van der Waals surface area contributed by atoms with E-state index in [2.05, 4.69) is 0 Å². The number of methoxy groups -OCH3 is 1. The molecule has 9 heteroatoms. The molecule has 0 N–H and O–H groups in total. The van der Waals surface area contributed by atoms with Crippen molar-refractivity contribution in [1.82, 2.24) is 0 Å². The highest BCUT2D eigenvalue weighted by atomic mass is 35.5. The highest BCUT2D eigenvalue weighted by molar-refractivity contribution is 8.19. The first-order valence-electron chi connectivity index (χ1n) is 10.1. The third-order valence-electron chi connectivity index (χ3n) is 5.12. The first-order valence-corrected chi connectivity index (χ1v) is 12.4. The van der Waals surface area contributed by atoms with Crippen LogP contribution < -0.4 is 9.64 Å². The molecule has 1 saturated heterocycles. The SMILES string of the molecule is COc1c(Cl)cc(/C=C2/SC(=Nc3ccc(C)c(Cl)c3)N(c3ccc(C)c(Cl)c3)C2=O)cc1Cl. The quantitative estimate of drug-likeness (QED) is 0.304. The fourth-order valence-corrected chi connectivity index (χ4v) is 5.28. The van der Waals surface area contributed by atoms with E-state index in [9.17, 15) is 4.79 Å². The first kappa shape index (κ1) is 25.0. The number of anilines is 1. The number of rotatable bonds is 4. The van der Waals surface area contributed by atoms with Crippen LogP contribution in [0.2, 0.25) is 20.1 Å². The molecule has 1 aliphatic rings. The minimum atomic E-state index is -0.245. The summed E-state index contributed by atoms with van der Waals surface area (Å²) in [6.07, 6.45) is 1.72. The summed E-state index contributed by atoms with van der Waals surface area (Å²) in [5.41, 5.74) is 3.75. The average Bonchev–Trinajstić information content (AvgIpc) is 3.07. The molecule has 174 valence electrons. The number of amides is 1. The standard InChI is InChI=1S/C25H18Cl4N2O2S/c1-13-4-6-16(11-18(13)26)30-25-31(17-7-5-14(2)19(27)12-17)24(32)22(34-25)10-15-8-20(28)23(33-3)21(29)9-15/h4-12H,1-3H3/b22-10+,30-25?. The van der Waals surface area contributed by atoms with Gasteiger partial charge in [0.15, 0.2) is 10.9 Å².